The summed E-state index contributed by atoms with van der Waals surface area (Å²) >= 11 is 0. The molecular weight excluding hydrogens is 254 g/mol. The van der Waals surface area contributed by atoms with Crippen LogP contribution in [-0.2, 0) is 0 Å². The molecule has 0 radical (unpaired) electrons. The molecule has 20 heavy (non-hydrogen) atoms. The van der Waals surface area contributed by atoms with E-state index in [1.807, 2.05) is 4.90 Å². The second-order valence-electron chi connectivity index (χ2n) is 5.79. The number of amides is 1. The number of hydrogen-bond acceptors (Lipinski definition) is 4. The van der Waals surface area contributed by atoms with Gasteiger partial charge in [-0.1, -0.05) is 13.8 Å². The molecule has 1 aliphatic rings. The lowest BCUT2D eigenvalue weighted by atomic mass is 10.1. The summed E-state index contributed by atoms with van der Waals surface area (Å²) < 4.78 is 0. The third-order valence-corrected chi connectivity index (χ3v) is 3.51. The van der Waals surface area contributed by atoms with Gasteiger partial charge in [0.2, 0.25) is 0 Å². The highest BCUT2D eigenvalue weighted by Crippen LogP contribution is 2.18. The van der Waals surface area contributed by atoms with E-state index in [0.717, 1.165) is 19.4 Å². The van der Waals surface area contributed by atoms with E-state index in [1.54, 1.807) is 6.07 Å². The maximum absolute atomic E-state index is 12.6. The quantitative estimate of drug-likeness (QED) is 0.858. The SMILES string of the molecule is CC(C)CN(CC1CCCN1)C(=O)c1ccncc1O. The van der Waals surface area contributed by atoms with Gasteiger partial charge >= 0.3 is 0 Å². The fraction of sp³-hybridized carbons (Fsp3) is 0.600. The van der Waals surface area contributed by atoms with Crippen molar-refractivity contribution in [2.75, 3.05) is 19.6 Å². The molecule has 110 valence electrons. The normalized spacial score (nSPS) is 18.4. The molecule has 1 fully saturated rings. The average Bonchev–Trinajstić information content (AvgIpc) is 2.90. The van der Waals surface area contributed by atoms with Crippen LogP contribution in [0.2, 0.25) is 0 Å². The van der Waals surface area contributed by atoms with Crippen molar-refractivity contribution in [1.82, 2.24) is 15.2 Å². The highest BCUT2D eigenvalue weighted by Gasteiger charge is 2.24. The van der Waals surface area contributed by atoms with Gasteiger partial charge in [-0.3, -0.25) is 9.78 Å². The fourth-order valence-corrected chi connectivity index (χ4v) is 2.60. The summed E-state index contributed by atoms with van der Waals surface area (Å²) in [6.45, 7) is 6.59. The van der Waals surface area contributed by atoms with Gasteiger partial charge in [0.15, 0.2) is 0 Å². The molecule has 2 heterocycles. The number of aromatic hydroxyl groups is 1. The highest BCUT2D eigenvalue weighted by molar-refractivity contribution is 5.96. The Labute approximate surface area is 120 Å². The van der Waals surface area contributed by atoms with Gasteiger partial charge in [-0.15, -0.1) is 0 Å². The van der Waals surface area contributed by atoms with Crippen LogP contribution in [0.25, 0.3) is 0 Å². The first-order valence-electron chi connectivity index (χ1n) is 7.23. The number of rotatable bonds is 5. The topological polar surface area (TPSA) is 65.5 Å². The van der Waals surface area contributed by atoms with Crippen molar-refractivity contribution in [3.63, 3.8) is 0 Å². The van der Waals surface area contributed by atoms with E-state index in [1.165, 1.54) is 12.4 Å². The van der Waals surface area contributed by atoms with Crippen LogP contribution >= 0.6 is 0 Å². The maximum atomic E-state index is 12.6. The van der Waals surface area contributed by atoms with Gasteiger partial charge in [0, 0.05) is 25.3 Å². The Morgan fingerprint density at radius 2 is 2.40 bits per heavy atom. The van der Waals surface area contributed by atoms with Gasteiger partial charge in [-0.2, -0.15) is 0 Å². The Balaban J connectivity index is 2.12. The minimum Gasteiger partial charge on any atom is -0.505 e. The van der Waals surface area contributed by atoms with E-state index in [-0.39, 0.29) is 11.7 Å². The van der Waals surface area contributed by atoms with Crippen LogP contribution in [0.15, 0.2) is 18.5 Å². The van der Waals surface area contributed by atoms with Crippen molar-refractivity contribution in [1.29, 1.82) is 0 Å². The molecule has 0 aliphatic carbocycles. The summed E-state index contributed by atoms with van der Waals surface area (Å²) in [6.07, 6.45) is 5.11. The van der Waals surface area contributed by atoms with Crippen molar-refractivity contribution in [3.8, 4) is 5.75 Å². The van der Waals surface area contributed by atoms with Gasteiger partial charge in [-0.25, -0.2) is 0 Å². The van der Waals surface area contributed by atoms with Crippen LogP contribution in [0, 0.1) is 5.92 Å². The van der Waals surface area contributed by atoms with Crippen LogP contribution in [-0.4, -0.2) is 46.6 Å². The Kier molecular flexibility index (Phi) is 4.95. The first-order valence-corrected chi connectivity index (χ1v) is 7.23. The lowest BCUT2D eigenvalue weighted by molar-refractivity contribution is 0.0718. The standard InChI is InChI=1S/C15H23N3O2/c1-11(2)9-18(10-12-4-3-6-17-12)15(20)13-5-7-16-8-14(13)19/h5,7-8,11-12,17,19H,3-4,6,9-10H2,1-2H3. The lowest BCUT2D eigenvalue weighted by Gasteiger charge is -2.27. The molecule has 0 aromatic carbocycles. The van der Waals surface area contributed by atoms with Crippen LogP contribution in [0.1, 0.15) is 37.0 Å². The average molecular weight is 277 g/mol. The minimum absolute atomic E-state index is 0.0503. The second-order valence-corrected chi connectivity index (χ2v) is 5.79. The summed E-state index contributed by atoms with van der Waals surface area (Å²) in [7, 11) is 0. The van der Waals surface area contributed by atoms with E-state index >= 15 is 0 Å². The summed E-state index contributed by atoms with van der Waals surface area (Å²) in [6, 6.07) is 1.94. The van der Waals surface area contributed by atoms with E-state index in [4.69, 9.17) is 0 Å². The number of carbonyl (C=O) groups is 1. The van der Waals surface area contributed by atoms with Gasteiger partial charge in [-0.05, 0) is 31.4 Å². The third-order valence-electron chi connectivity index (χ3n) is 3.51. The Morgan fingerprint density at radius 3 is 3.00 bits per heavy atom. The molecule has 1 aromatic heterocycles. The monoisotopic (exact) mass is 277 g/mol. The molecule has 0 spiro atoms. The summed E-state index contributed by atoms with van der Waals surface area (Å²) in [4.78, 5) is 18.3. The smallest absolute Gasteiger partial charge is 0.257 e. The van der Waals surface area contributed by atoms with E-state index in [2.05, 4.69) is 24.1 Å². The molecule has 1 aromatic rings. The van der Waals surface area contributed by atoms with Crippen molar-refractivity contribution < 1.29 is 9.90 Å². The van der Waals surface area contributed by atoms with E-state index in [0.29, 0.717) is 30.6 Å². The number of nitrogens with one attached hydrogen (secondary N) is 1. The Bertz CT molecular complexity index is 456. The lowest BCUT2D eigenvalue weighted by Crippen LogP contribution is -2.42. The first-order chi connectivity index (χ1) is 9.58. The summed E-state index contributed by atoms with van der Waals surface area (Å²) in [5.74, 6) is 0.224. The Hall–Kier alpha value is -1.62. The van der Waals surface area contributed by atoms with Crippen LogP contribution < -0.4 is 5.32 Å². The zero-order valence-corrected chi connectivity index (χ0v) is 12.2. The molecule has 5 heteroatoms. The molecule has 5 nitrogen and oxygen atoms in total. The van der Waals surface area contributed by atoms with Gasteiger partial charge < -0.3 is 15.3 Å². The number of carbonyl (C=O) groups excluding carboxylic acids is 1. The van der Waals surface area contributed by atoms with E-state index < -0.39 is 0 Å². The number of nitrogens with zero attached hydrogens (tertiary/aromatic N) is 2. The number of pyridine rings is 1. The molecule has 0 bridgehead atoms. The third kappa shape index (κ3) is 3.70. The largest absolute Gasteiger partial charge is 0.505 e. The number of aromatic nitrogens is 1. The molecule has 0 saturated carbocycles. The van der Waals surface area contributed by atoms with Crippen LogP contribution in [0.5, 0.6) is 5.75 Å². The Morgan fingerprint density at radius 1 is 1.60 bits per heavy atom. The maximum Gasteiger partial charge on any atom is 0.257 e. The molecule has 1 saturated heterocycles. The van der Waals surface area contributed by atoms with Gasteiger partial charge in [0.05, 0.1) is 11.8 Å². The van der Waals surface area contributed by atoms with Gasteiger partial charge in [0.25, 0.3) is 5.91 Å². The molecule has 1 atom stereocenters. The molecule has 1 unspecified atom stereocenters. The van der Waals surface area contributed by atoms with Crippen molar-refractivity contribution in [2.24, 2.45) is 5.92 Å². The van der Waals surface area contributed by atoms with Crippen LogP contribution in [0.4, 0.5) is 0 Å². The zero-order valence-electron chi connectivity index (χ0n) is 12.2. The minimum atomic E-state index is -0.118. The highest BCUT2D eigenvalue weighted by atomic mass is 16.3. The number of hydrogen-bond donors (Lipinski definition) is 2. The second kappa shape index (κ2) is 6.70. The van der Waals surface area contributed by atoms with Gasteiger partial charge in [0.1, 0.15) is 5.75 Å². The predicted octanol–water partition coefficient (Wildman–Crippen LogP) is 1.64. The molecule has 2 rings (SSSR count). The first kappa shape index (κ1) is 14.8. The van der Waals surface area contributed by atoms with Crippen LogP contribution in [0.3, 0.4) is 0 Å². The molecular formula is C15H23N3O2. The summed E-state index contributed by atoms with van der Waals surface area (Å²) in [5, 5.41) is 13.2. The van der Waals surface area contributed by atoms with Crippen molar-refractivity contribution >= 4 is 5.91 Å². The predicted molar refractivity (Wildman–Crippen MR) is 77.7 cm³/mol. The summed E-state index contributed by atoms with van der Waals surface area (Å²) in [5.41, 5.74) is 0.332. The van der Waals surface area contributed by atoms with E-state index in [9.17, 15) is 9.90 Å². The van der Waals surface area contributed by atoms with Crippen molar-refractivity contribution in [2.45, 2.75) is 32.7 Å². The molecule has 1 aliphatic heterocycles. The van der Waals surface area contributed by atoms with Crippen molar-refractivity contribution in [3.05, 3.63) is 24.0 Å². The molecule has 2 N–H and O–H groups in total. The zero-order chi connectivity index (χ0) is 14.5. The fourth-order valence-electron chi connectivity index (χ4n) is 2.60. The molecule has 1 amide bonds.